The Morgan fingerprint density at radius 3 is 2.30 bits per heavy atom. The van der Waals surface area contributed by atoms with Crippen LogP contribution in [0.5, 0.6) is 0 Å². The molecule has 3 aromatic rings. The molecule has 4 rings (SSSR count). The number of aromatic nitrogens is 1. The van der Waals surface area contributed by atoms with Gasteiger partial charge >= 0.3 is 0 Å². The molecule has 1 aromatic heterocycles. The second-order valence-corrected chi connectivity index (χ2v) is 8.34. The van der Waals surface area contributed by atoms with Gasteiger partial charge in [-0.2, -0.15) is 0 Å². The Morgan fingerprint density at radius 1 is 0.889 bits per heavy atom. The van der Waals surface area contributed by atoms with Crippen molar-refractivity contribution < 1.29 is 0 Å². The van der Waals surface area contributed by atoms with Gasteiger partial charge in [0, 0.05) is 29.5 Å². The number of thioether (sulfide) groups is 1. The van der Waals surface area contributed by atoms with Gasteiger partial charge in [-0.15, -0.1) is 11.8 Å². The maximum Gasteiger partial charge on any atom is 0.0449 e. The summed E-state index contributed by atoms with van der Waals surface area (Å²) in [7, 11) is 0. The topological polar surface area (TPSA) is 8.17 Å². The molecule has 1 aliphatic rings. The highest BCUT2D eigenvalue weighted by Gasteiger charge is 2.20. The van der Waals surface area contributed by atoms with E-state index in [9.17, 15) is 0 Å². The molecule has 0 radical (unpaired) electrons. The van der Waals surface area contributed by atoms with Gasteiger partial charge in [0.1, 0.15) is 0 Å². The summed E-state index contributed by atoms with van der Waals surface area (Å²) in [5.41, 5.74) is 4.19. The summed E-state index contributed by atoms with van der Waals surface area (Å²) in [4.78, 5) is 4.04. The van der Waals surface area contributed by atoms with E-state index in [1.807, 2.05) is 11.8 Å². The zero-order valence-corrected chi connectivity index (χ0v) is 16.9. The molecular formula is C24H28N2S. The molecular weight excluding hydrogens is 348 g/mol. The van der Waals surface area contributed by atoms with Gasteiger partial charge in [0.05, 0.1) is 0 Å². The highest BCUT2D eigenvalue weighted by molar-refractivity contribution is 7.98. The van der Waals surface area contributed by atoms with Crippen molar-refractivity contribution in [2.75, 3.05) is 19.3 Å². The lowest BCUT2D eigenvalue weighted by molar-refractivity contribution is 0.176. The number of nitrogens with zero attached hydrogens (tertiary/aromatic N) is 2. The molecule has 0 aliphatic carbocycles. The van der Waals surface area contributed by atoms with Crippen LogP contribution in [-0.2, 0) is 13.0 Å². The summed E-state index contributed by atoms with van der Waals surface area (Å²) in [5.74, 6) is 0.814. The van der Waals surface area contributed by atoms with Crippen LogP contribution in [0.4, 0.5) is 0 Å². The Kier molecular flexibility index (Phi) is 6.00. The van der Waals surface area contributed by atoms with Crippen molar-refractivity contribution >= 4 is 11.8 Å². The molecule has 0 saturated carbocycles. The van der Waals surface area contributed by atoms with Gasteiger partial charge in [-0.3, -0.25) is 4.90 Å². The van der Waals surface area contributed by atoms with Crippen molar-refractivity contribution in [3.05, 3.63) is 84.2 Å². The first-order valence-electron chi connectivity index (χ1n) is 9.88. The normalized spacial score (nSPS) is 15.9. The third kappa shape index (κ3) is 4.66. The summed E-state index contributed by atoms with van der Waals surface area (Å²) >= 11 is 1.86. The van der Waals surface area contributed by atoms with E-state index in [2.05, 4.69) is 88.8 Å². The van der Waals surface area contributed by atoms with E-state index in [1.165, 1.54) is 54.1 Å². The first-order chi connectivity index (χ1) is 13.3. The van der Waals surface area contributed by atoms with Crippen LogP contribution in [0.3, 0.4) is 0 Å². The van der Waals surface area contributed by atoms with Gasteiger partial charge < -0.3 is 4.57 Å². The highest BCUT2D eigenvalue weighted by atomic mass is 32.2. The van der Waals surface area contributed by atoms with E-state index in [-0.39, 0.29) is 0 Å². The van der Waals surface area contributed by atoms with Gasteiger partial charge in [0.25, 0.3) is 0 Å². The number of hydrogen-bond donors (Lipinski definition) is 0. The zero-order chi connectivity index (χ0) is 18.5. The number of benzene rings is 2. The minimum Gasteiger partial charge on any atom is -0.324 e. The molecule has 0 atom stereocenters. The first-order valence-corrected chi connectivity index (χ1v) is 11.1. The molecule has 0 amide bonds. The van der Waals surface area contributed by atoms with Crippen LogP contribution in [0, 0.1) is 5.92 Å². The molecule has 27 heavy (non-hydrogen) atoms. The number of piperidine rings is 1. The Morgan fingerprint density at radius 2 is 1.59 bits per heavy atom. The van der Waals surface area contributed by atoms with Gasteiger partial charge in [-0.25, -0.2) is 0 Å². The van der Waals surface area contributed by atoms with Crippen molar-refractivity contribution in [1.82, 2.24) is 9.47 Å². The second kappa shape index (κ2) is 8.81. The number of hydrogen-bond acceptors (Lipinski definition) is 2. The lowest BCUT2D eigenvalue weighted by Crippen LogP contribution is -2.34. The average molecular weight is 377 g/mol. The van der Waals surface area contributed by atoms with E-state index in [0.29, 0.717) is 0 Å². The van der Waals surface area contributed by atoms with Crippen LogP contribution in [0.15, 0.2) is 78.0 Å². The van der Waals surface area contributed by atoms with Crippen molar-refractivity contribution in [3.8, 4) is 5.69 Å². The quantitative estimate of drug-likeness (QED) is 0.513. The standard InChI is InChI=1S/C24H28N2S/c1-27-24-7-3-2-6-22(24)19-25-16-12-21(13-17-25)18-20-8-10-23(11-9-20)26-14-4-5-15-26/h2-11,14-15,21H,12-13,16-19H2,1H3. The summed E-state index contributed by atoms with van der Waals surface area (Å²) in [5, 5.41) is 0. The molecule has 0 N–H and O–H groups in total. The summed E-state index contributed by atoms with van der Waals surface area (Å²) in [6, 6.07) is 22.1. The van der Waals surface area contributed by atoms with Gasteiger partial charge in [0.2, 0.25) is 0 Å². The third-order valence-electron chi connectivity index (χ3n) is 5.66. The van der Waals surface area contributed by atoms with Crippen molar-refractivity contribution in [2.45, 2.75) is 30.7 Å². The van der Waals surface area contributed by atoms with E-state index in [0.717, 1.165) is 12.5 Å². The summed E-state index contributed by atoms with van der Waals surface area (Å²) in [6.45, 7) is 3.53. The van der Waals surface area contributed by atoms with Crippen LogP contribution in [0.25, 0.3) is 5.69 Å². The molecule has 0 unspecified atom stereocenters. The van der Waals surface area contributed by atoms with Crippen LogP contribution in [-0.4, -0.2) is 28.8 Å². The predicted molar refractivity (Wildman–Crippen MR) is 116 cm³/mol. The van der Waals surface area contributed by atoms with E-state index >= 15 is 0 Å². The monoisotopic (exact) mass is 376 g/mol. The number of likely N-dealkylation sites (tertiary alicyclic amines) is 1. The smallest absolute Gasteiger partial charge is 0.0449 e. The van der Waals surface area contributed by atoms with Crippen LogP contribution >= 0.6 is 11.8 Å². The van der Waals surface area contributed by atoms with Crippen LogP contribution < -0.4 is 0 Å². The Labute approximate surface area is 167 Å². The SMILES string of the molecule is CSc1ccccc1CN1CCC(Cc2ccc(-n3cccc3)cc2)CC1. The third-order valence-corrected chi connectivity index (χ3v) is 6.50. The Bertz CT molecular complexity index is 831. The lowest BCUT2D eigenvalue weighted by Gasteiger charge is -2.32. The fourth-order valence-electron chi connectivity index (χ4n) is 4.07. The molecule has 1 aliphatic heterocycles. The van der Waals surface area contributed by atoms with E-state index < -0.39 is 0 Å². The molecule has 0 bridgehead atoms. The Balaban J connectivity index is 1.29. The molecule has 2 heterocycles. The van der Waals surface area contributed by atoms with Gasteiger partial charge in [0.15, 0.2) is 0 Å². The average Bonchev–Trinajstić information content (AvgIpc) is 3.25. The molecule has 140 valence electrons. The summed E-state index contributed by atoms with van der Waals surface area (Å²) in [6.07, 6.45) is 10.2. The van der Waals surface area contributed by atoms with Crippen LogP contribution in [0.1, 0.15) is 24.0 Å². The predicted octanol–water partition coefficient (Wildman–Crippen LogP) is 5.65. The van der Waals surface area contributed by atoms with Gasteiger partial charge in [-0.1, -0.05) is 30.3 Å². The fourth-order valence-corrected chi connectivity index (χ4v) is 4.68. The van der Waals surface area contributed by atoms with Crippen molar-refractivity contribution in [1.29, 1.82) is 0 Å². The molecule has 0 spiro atoms. The van der Waals surface area contributed by atoms with Crippen LogP contribution in [0.2, 0.25) is 0 Å². The van der Waals surface area contributed by atoms with Crippen molar-refractivity contribution in [3.63, 3.8) is 0 Å². The molecule has 3 heteroatoms. The van der Waals surface area contributed by atoms with Crippen molar-refractivity contribution in [2.24, 2.45) is 5.92 Å². The summed E-state index contributed by atoms with van der Waals surface area (Å²) < 4.78 is 2.16. The molecule has 1 saturated heterocycles. The lowest BCUT2D eigenvalue weighted by atomic mass is 9.90. The second-order valence-electron chi connectivity index (χ2n) is 7.49. The highest BCUT2D eigenvalue weighted by Crippen LogP contribution is 2.26. The van der Waals surface area contributed by atoms with Gasteiger partial charge in [-0.05, 0) is 86.0 Å². The molecule has 1 fully saturated rings. The zero-order valence-electron chi connectivity index (χ0n) is 16.1. The number of rotatable bonds is 6. The molecule has 2 nitrogen and oxygen atoms in total. The minimum absolute atomic E-state index is 0.814. The first kappa shape index (κ1) is 18.4. The van der Waals surface area contributed by atoms with E-state index in [1.54, 1.807) is 0 Å². The fraction of sp³-hybridized carbons (Fsp3) is 0.333. The maximum absolute atomic E-state index is 2.63. The molecule has 2 aromatic carbocycles. The van der Waals surface area contributed by atoms with E-state index in [4.69, 9.17) is 0 Å². The maximum atomic E-state index is 2.63. The largest absolute Gasteiger partial charge is 0.324 e. The minimum atomic E-state index is 0.814. The Hall–Kier alpha value is -1.97.